The van der Waals surface area contributed by atoms with Gasteiger partial charge in [-0.05, 0) is 59.1 Å². The molecule has 0 N–H and O–H groups in total. The first-order valence-electron chi connectivity index (χ1n) is 7.27. The van der Waals surface area contributed by atoms with Crippen molar-refractivity contribution in [2.45, 2.75) is 64.8 Å². The van der Waals surface area contributed by atoms with Gasteiger partial charge in [0.2, 0.25) is 0 Å². The lowest BCUT2D eigenvalue weighted by atomic mass is 9.83. The fraction of sp³-hybridized carbons (Fsp3) is 0.667. The SMILES string of the molecule is Cc1cc(B2OC(C)(C)C(C)(C)O2)ncc1OC1CC1. The lowest BCUT2D eigenvalue weighted by Gasteiger charge is -2.32. The molecule has 2 fully saturated rings. The number of pyridine rings is 1. The van der Waals surface area contributed by atoms with Crippen LogP contribution in [-0.2, 0) is 9.31 Å². The van der Waals surface area contributed by atoms with Crippen molar-refractivity contribution in [3.05, 3.63) is 17.8 Å². The van der Waals surface area contributed by atoms with E-state index in [0.717, 1.165) is 29.7 Å². The Balaban J connectivity index is 1.79. The molecule has 1 aliphatic heterocycles. The molecular formula is C15H22BNO3. The van der Waals surface area contributed by atoms with Crippen molar-refractivity contribution in [2.75, 3.05) is 0 Å². The van der Waals surface area contributed by atoms with Crippen LogP contribution >= 0.6 is 0 Å². The lowest BCUT2D eigenvalue weighted by Crippen LogP contribution is -2.41. The molecule has 0 spiro atoms. The average Bonchev–Trinajstić information content (AvgIpc) is 3.10. The van der Waals surface area contributed by atoms with Gasteiger partial charge in [0.1, 0.15) is 5.75 Å². The normalized spacial score (nSPS) is 23.9. The Morgan fingerprint density at radius 2 is 1.80 bits per heavy atom. The fourth-order valence-electron chi connectivity index (χ4n) is 2.15. The van der Waals surface area contributed by atoms with Crippen LogP contribution in [0.3, 0.4) is 0 Å². The number of hydrogen-bond donors (Lipinski definition) is 0. The van der Waals surface area contributed by atoms with Gasteiger partial charge in [0.15, 0.2) is 0 Å². The Bertz CT molecular complexity index is 510. The minimum Gasteiger partial charge on any atom is -0.489 e. The topological polar surface area (TPSA) is 40.6 Å². The largest absolute Gasteiger partial charge is 0.514 e. The molecule has 0 aromatic carbocycles. The summed E-state index contributed by atoms with van der Waals surface area (Å²) < 4.78 is 17.8. The van der Waals surface area contributed by atoms with Crippen LogP contribution in [0.15, 0.2) is 12.3 Å². The molecule has 2 aliphatic rings. The molecule has 0 amide bonds. The first kappa shape index (κ1) is 13.9. The third-order valence-corrected chi connectivity index (χ3v) is 4.40. The van der Waals surface area contributed by atoms with Crippen LogP contribution in [0.4, 0.5) is 0 Å². The van der Waals surface area contributed by atoms with Gasteiger partial charge in [-0.1, -0.05) is 0 Å². The minimum atomic E-state index is -0.409. The fourth-order valence-corrected chi connectivity index (χ4v) is 2.15. The highest BCUT2D eigenvalue weighted by atomic mass is 16.7. The first-order valence-corrected chi connectivity index (χ1v) is 7.27. The minimum absolute atomic E-state index is 0.337. The van der Waals surface area contributed by atoms with Crippen molar-refractivity contribution in [1.82, 2.24) is 4.98 Å². The maximum atomic E-state index is 6.01. The second kappa shape index (κ2) is 4.47. The van der Waals surface area contributed by atoms with E-state index in [-0.39, 0.29) is 11.2 Å². The van der Waals surface area contributed by atoms with E-state index in [1.54, 1.807) is 6.20 Å². The molecule has 1 aromatic rings. The van der Waals surface area contributed by atoms with Crippen molar-refractivity contribution in [3.63, 3.8) is 0 Å². The Morgan fingerprint density at radius 3 is 2.30 bits per heavy atom. The van der Waals surface area contributed by atoms with Gasteiger partial charge in [-0.25, -0.2) is 0 Å². The zero-order valence-corrected chi connectivity index (χ0v) is 12.9. The Hall–Kier alpha value is -1.07. The Morgan fingerprint density at radius 1 is 1.20 bits per heavy atom. The molecule has 0 atom stereocenters. The highest BCUT2D eigenvalue weighted by molar-refractivity contribution is 6.61. The van der Waals surface area contributed by atoms with E-state index in [2.05, 4.69) is 4.98 Å². The van der Waals surface area contributed by atoms with Crippen LogP contribution in [0.2, 0.25) is 0 Å². The van der Waals surface area contributed by atoms with Crippen LogP contribution < -0.4 is 10.3 Å². The van der Waals surface area contributed by atoms with Gasteiger partial charge in [0.05, 0.1) is 29.1 Å². The smallest absolute Gasteiger partial charge is 0.489 e. The summed E-state index contributed by atoms with van der Waals surface area (Å²) >= 11 is 0. The first-order chi connectivity index (χ1) is 9.28. The summed E-state index contributed by atoms with van der Waals surface area (Å²) in [5, 5.41) is 0. The third kappa shape index (κ3) is 2.45. The van der Waals surface area contributed by atoms with E-state index in [1.165, 1.54) is 0 Å². The molecular weight excluding hydrogens is 253 g/mol. The van der Waals surface area contributed by atoms with Gasteiger partial charge in [-0.2, -0.15) is 0 Å². The van der Waals surface area contributed by atoms with Crippen LogP contribution in [0.25, 0.3) is 0 Å². The van der Waals surface area contributed by atoms with Crippen molar-refractivity contribution in [3.8, 4) is 5.75 Å². The number of aryl methyl sites for hydroxylation is 1. The predicted molar refractivity (Wildman–Crippen MR) is 78.3 cm³/mol. The maximum Gasteiger partial charge on any atom is 0.514 e. The van der Waals surface area contributed by atoms with Gasteiger partial charge in [-0.15, -0.1) is 0 Å². The van der Waals surface area contributed by atoms with Crippen LogP contribution in [0.1, 0.15) is 46.1 Å². The second-order valence-corrected chi connectivity index (χ2v) is 6.78. The molecule has 20 heavy (non-hydrogen) atoms. The quantitative estimate of drug-likeness (QED) is 0.793. The number of nitrogens with zero attached hydrogens (tertiary/aromatic N) is 1. The molecule has 1 saturated heterocycles. The van der Waals surface area contributed by atoms with Crippen molar-refractivity contribution >= 4 is 12.7 Å². The summed E-state index contributed by atoms with van der Waals surface area (Å²) in [5.74, 6) is 0.868. The molecule has 3 rings (SSSR count). The standard InChI is InChI=1S/C15H22BNO3/c1-10-8-13(17-9-12(10)18-11-6-7-11)16-19-14(2,3)15(4,5)20-16/h8-9,11H,6-7H2,1-5H3. The van der Waals surface area contributed by atoms with Crippen LogP contribution in [0, 0.1) is 6.92 Å². The van der Waals surface area contributed by atoms with Gasteiger partial charge in [-0.3, -0.25) is 4.98 Å². The summed E-state index contributed by atoms with van der Waals surface area (Å²) in [6, 6.07) is 2.00. The van der Waals surface area contributed by atoms with Crippen LogP contribution in [0.5, 0.6) is 5.75 Å². The average molecular weight is 275 g/mol. The molecule has 1 saturated carbocycles. The number of hydrogen-bond acceptors (Lipinski definition) is 4. The van der Waals surface area contributed by atoms with Crippen molar-refractivity contribution < 1.29 is 14.0 Å². The maximum absolute atomic E-state index is 6.01. The number of rotatable bonds is 3. The monoisotopic (exact) mass is 275 g/mol. The van der Waals surface area contributed by atoms with E-state index in [0.29, 0.717) is 6.10 Å². The molecule has 1 aromatic heterocycles. The van der Waals surface area contributed by atoms with E-state index in [9.17, 15) is 0 Å². The molecule has 1 aliphatic carbocycles. The third-order valence-electron chi connectivity index (χ3n) is 4.40. The van der Waals surface area contributed by atoms with E-state index >= 15 is 0 Å². The zero-order chi connectivity index (χ0) is 14.5. The zero-order valence-electron chi connectivity index (χ0n) is 12.9. The molecule has 5 heteroatoms. The highest BCUT2D eigenvalue weighted by Crippen LogP contribution is 2.36. The van der Waals surface area contributed by atoms with Gasteiger partial charge in [0.25, 0.3) is 0 Å². The molecule has 2 heterocycles. The van der Waals surface area contributed by atoms with Crippen LogP contribution in [-0.4, -0.2) is 29.4 Å². The summed E-state index contributed by atoms with van der Waals surface area (Å²) in [6.07, 6.45) is 4.48. The predicted octanol–water partition coefficient (Wildman–Crippen LogP) is 2.23. The Kier molecular flexibility index (Phi) is 3.10. The summed E-state index contributed by atoms with van der Waals surface area (Å²) in [6.45, 7) is 10.2. The summed E-state index contributed by atoms with van der Waals surface area (Å²) in [4.78, 5) is 4.46. The van der Waals surface area contributed by atoms with Gasteiger partial charge >= 0.3 is 7.12 Å². The molecule has 0 unspecified atom stereocenters. The summed E-state index contributed by atoms with van der Waals surface area (Å²) in [5.41, 5.74) is 1.22. The molecule has 0 bridgehead atoms. The van der Waals surface area contributed by atoms with E-state index in [1.807, 2.05) is 40.7 Å². The second-order valence-electron chi connectivity index (χ2n) is 6.78. The number of ether oxygens (including phenoxy) is 1. The van der Waals surface area contributed by atoms with E-state index in [4.69, 9.17) is 14.0 Å². The highest BCUT2D eigenvalue weighted by Gasteiger charge is 2.52. The molecule has 4 nitrogen and oxygen atoms in total. The molecule has 108 valence electrons. The number of aromatic nitrogens is 1. The van der Waals surface area contributed by atoms with Crippen molar-refractivity contribution in [2.24, 2.45) is 0 Å². The molecule has 0 radical (unpaired) electrons. The van der Waals surface area contributed by atoms with Gasteiger partial charge < -0.3 is 14.0 Å². The summed E-state index contributed by atoms with van der Waals surface area (Å²) in [7, 11) is -0.409. The van der Waals surface area contributed by atoms with E-state index < -0.39 is 7.12 Å². The Labute approximate surface area is 121 Å². The van der Waals surface area contributed by atoms with Gasteiger partial charge in [0, 0.05) is 0 Å². The lowest BCUT2D eigenvalue weighted by molar-refractivity contribution is 0.00578. The van der Waals surface area contributed by atoms with Crippen molar-refractivity contribution in [1.29, 1.82) is 0 Å².